The minimum absolute atomic E-state index is 0. The van der Waals surface area contributed by atoms with Crippen molar-refractivity contribution < 1.29 is 4.79 Å². The Morgan fingerprint density at radius 2 is 1.92 bits per heavy atom. The van der Waals surface area contributed by atoms with E-state index in [1.165, 1.54) is 10.6 Å². The number of benzene rings is 1. The number of nitrogens with one attached hydrogen (secondary N) is 2. The van der Waals surface area contributed by atoms with Crippen LogP contribution >= 0.6 is 24.0 Å². The molecule has 0 unspecified atom stereocenters. The van der Waals surface area contributed by atoms with Crippen molar-refractivity contribution in [3.63, 3.8) is 0 Å². The number of rotatable bonds is 7. The van der Waals surface area contributed by atoms with E-state index in [0.717, 1.165) is 18.5 Å². The number of hydrogen-bond donors (Lipinski definition) is 2. The standard InChI is InChI=1S/C17H20ClN3O2.ClH/c1-19-9-4-10-20-17(23)14-7-8-16(22)21(12-14)11-13-5-2-3-6-15(13)18;/h2-3,5-8,12,19H,4,9-11H2,1H3,(H,20,23);1H. The van der Waals surface area contributed by atoms with E-state index in [-0.39, 0.29) is 23.9 Å². The molecule has 0 saturated heterocycles. The number of carbonyl (C=O) groups excluding carboxylic acids is 1. The summed E-state index contributed by atoms with van der Waals surface area (Å²) in [5.74, 6) is -0.186. The first-order chi connectivity index (χ1) is 11.1. The van der Waals surface area contributed by atoms with Crippen LogP contribution in [0.5, 0.6) is 0 Å². The third-order valence-corrected chi connectivity index (χ3v) is 3.80. The molecule has 0 saturated carbocycles. The van der Waals surface area contributed by atoms with Crippen LogP contribution in [0.2, 0.25) is 5.02 Å². The third kappa shape index (κ3) is 5.67. The van der Waals surface area contributed by atoms with Crippen molar-refractivity contribution in [2.45, 2.75) is 13.0 Å². The average molecular weight is 370 g/mol. The zero-order chi connectivity index (χ0) is 16.7. The summed E-state index contributed by atoms with van der Waals surface area (Å²) in [6.07, 6.45) is 2.42. The summed E-state index contributed by atoms with van der Waals surface area (Å²) < 4.78 is 1.49. The second-order valence-corrected chi connectivity index (χ2v) is 5.60. The van der Waals surface area contributed by atoms with E-state index >= 15 is 0 Å². The highest BCUT2D eigenvalue weighted by Crippen LogP contribution is 2.15. The van der Waals surface area contributed by atoms with Gasteiger partial charge in [0.2, 0.25) is 0 Å². The highest BCUT2D eigenvalue weighted by atomic mass is 35.5. The van der Waals surface area contributed by atoms with E-state index in [9.17, 15) is 9.59 Å². The molecule has 24 heavy (non-hydrogen) atoms. The SMILES string of the molecule is CNCCCNC(=O)c1ccc(=O)n(Cc2ccccc2Cl)c1.Cl. The summed E-state index contributed by atoms with van der Waals surface area (Å²) >= 11 is 6.13. The van der Waals surface area contributed by atoms with Gasteiger partial charge in [-0.15, -0.1) is 12.4 Å². The molecule has 1 aromatic heterocycles. The topological polar surface area (TPSA) is 63.1 Å². The first kappa shape index (κ1) is 20.2. The molecule has 0 aliphatic heterocycles. The fraction of sp³-hybridized carbons (Fsp3) is 0.294. The van der Waals surface area contributed by atoms with Gasteiger partial charge in [0, 0.05) is 23.8 Å². The number of halogens is 2. The van der Waals surface area contributed by atoms with Crippen LogP contribution in [0, 0.1) is 0 Å². The smallest absolute Gasteiger partial charge is 0.252 e. The molecule has 5 nitrogen and oxygen atoms in total. The zero-order valence-electron chi connectivity index (χ0n) is 13.4. The quantitative estimate of drug-likeness (QED) is 0.736. The Labute approximate surface area is 152 Å². The molecule has 1 aromatic carbocycles. The lowest BCUT2D eigenvalue weighted by molar-refractivity contribution is 0.0952. The minimum atomic E-state index is -0.186. The molecule has 7 heteroatoms. The Bertz CT molecular complexity index is 732. The minimum Gasteiger partial charge on any atom is -0.352 e. The van der Waals surface area contributed by atoms with Crippen LogP contribution in [-0.4, -0.2) is 30.6 Å². The van der Waals surface area contributed by atoms with Crippen LogP contribution in [0.4, 0.5) is 0 Å². The largest absolute Gasteiger partial charge is 0.352 e. The predicted octanol–water partition coefficient (Wildman–Crippen LogP) is 2.31. The van der Waals surface area contributed by atoms with Crippen molar-refractivity contribution in [3.8, 4) is 0 Å². The predicted molar refractivity (Wildman–Crippen MR) is 99.4 cm³/mol. The van der Waals surface area contributed by atoms with E-state index in [0.29, 0.717) is 23.7 Å². The fourth-order valence-electron chi connectivity index (χ4n) is 2.17. The van der Waals surface area contributed by atoms with Crippen LogP contribution in [0.25, 0.3) is 0 Å². The van der Waals surface area contributed by atoms with Crippen molar-refractivity contribution in [1.82, 2.24) is 15.2 Å². The molecule has 0 radical (unpaired) electrons. The zero-order valence-corrected chi connectivity index (χ0v) is 15.0. The Morgan fingerprint density at radius 3 is 2.62 bits per heavy atom. The first-order valence-corrected chi connectivity index (χ1v) is 7.86. The van der Waals surface area contributed by atoms with Gasteiger partial charge in [0.15, 0.2) is 0 Å². The van der Waals surface area contributed by atoms with Gasteiger partial charge in [-0.2, -0.15) is 0 Å². The fourth-order valence-corrected chi connectivity index (χ4v) is 2.36. The molecule has 1 amide bonds. The molecule has 2 aromatic rings. The Morgan fingerprint density at radius 1 is 1.17 bits per heavy atom. The van der Waals surface area contributed by atoms with Gasteiger partial charge >= 0.3 is 0 Å². The van der Waals surface area contributed by atoms with Crippen LogP contribution < -0.4 is 16.2 Å². The first-order valence-electron chi connectivity index (χ1n) is 7.48. The van der Waals surface area contributed by atoms with Gasteiger partial charge in [-0.25, -0.2) is 0 Å². The van der Waals surface area contributed by atoms with Gasteiger partial charge in [0.1, 0.15) is 0 Å². The molecule has 2 rings (SSSR count). The molecular weight excluding hydrogens is 349 g/mol. The van der Waals surface area contributed by atoms with E-state index in [1.807, 2.05) is 25.2 Å². The molecule has 0 aliphatic rings. The van der Waals surface area contributed by atoms with Crippen molar-refractivity contribution in [1.29, 1.82) is 0 Å². The number of carbonyl (C=O) groups is 1. The highest BCUT2D eigenvalue weighted by Gasteiger charge is 2.08. The normalized spacial score (nSPS) is 10.1. The molecule has 0 aliphatic carbocycles. The van der Waals surface area contributed by atoms with Gasteiger partial charge in [0.05, 0.1) is 12.1 Å². The second kappa shape index (κ2) is 10.1. The van der Waals surface area contributed by atoms with E-state index < -0.39 is 0 Å². The summed E-state index contributed by atoms with van der Waals surface area (Å²) in [5.41, 5.74) is 1.13. The van der Waals surface area contributed by atoms with E-state index in [2.05, 4.69) is 10.6 Å². The molecule has 1 heterocycles. The number of aromatic nitrogens is 1. The summed E-state index contributed by atoms with van der Waals surface area (Å²) in [5, 5.41) is 6.45. The summed E-state index contributed by atoms with van der Waals surface area (Å²) in [7, 11) is 1.87. The molecule has 130 valence electrons. The maximum absolute atomic E-state index is 12.1. The third-order valence-electron chi connectivity index (χ3n) is 3.43. The lowest BCUT2D eigenvalue weighted by atomic mass is 10.2. The monoisotopic (exact) mass is 369 g/mol. The lowest BCUT2D eigenvalue weighted by Crippen LogP contribution is -2.28. The van der Waals surface area contributed by atoms with Gasteiger partial charge < -0.3 is 15.2 Å². The average Bonchev–Trinajstić information content (AvgIpc) is 2.55. The molecular formula is C17H21Cl2N3O2. The maximum Gasteiger partial charge on any atom is 0.252 e. The molecule has 0 atom stereocenters. The van der Waals surface area contributed by atoms with Crippen molar-refractivity contribution >= 4 is 29.9 Å². The van der Waals surface area contributed by atoms with Crippen LogP contribution in [0.1, 0.15) is 22.3 Å². The van der Waals surface area contributed by atoms with Crippen LogP contribution in [-0.2, 0) is 6.54 Å². The molecule has 2 N–H and O–H groups in total. The number of pyridine rings is 1. The van der Waals surface area contributed by atoms with Crippen LogP contribution in [0.15, 0.2) is 47.4 Å². The van der Waals surface area contributed by atoms with E-state index in [4.69, 9.17) is 11.6 Å². The Balaban J connectivity index is 0.00000288. The van der Waals surface area contributed by atoms with E-state index in [1.54, 1.807) is 18.3 Å². The van der Waals surface area contributed by atoms with Crippen molar-refractivity contribution in [2.75, 3.05) is 20.1 Å². The highest BCUT2D eigenvalue weighted by molar-refractivity contribution is 6.31. The Hall–Kier alpha value is -1.82. The Kier molecular flexibility index (Phi) is 8.54. The van der Waals surface area contributed by atoms with Gasteiger partial charge in [0.25, 0.3) is 11.5 Å². The van der Waals surface area contributed by atoms with Gasteiger partial charge in [-0.1, -0.05) is 29.8 Å². The summed E-state index contributed by atoms with van der Waals surface area (Å²) in [6, 6.07) is 10.3. The molecule has 0 fully saturated rings. The van der Waals surface area contributed by atoms with Gasteiger partial charge in [-0.3, -0.25) is 9.59 Å². The van der Waals surface area contributed by atoms with Crippen molar-refractivity contribution in [2.24, 2.45) is 0 Å². The summed E-state index contributed by atoms with van der Waals surface area (Å²) in [4.78, 5) is 24.1. The molecule has 0 bridgehead atoms. The van der Waals surface area contributed by atoms with Crippen LogP contribution in [0.3, 0.4) is 0 Å². The van der Waals surface area contributed by atoms with Crippen molar-refractivity contribution in [3.05, 3.63) is 69.1 Å². The van der Waals surface area contributed by atoms with Gasteiger partial charge in [-0.05, 0) is 37.7 Å². The number of nitrogens with zero attached hydrogens (tertiary/aromatic N) is 1. The number of amides is 1. The number of hydrogen-bond acceptors (Lipinski definition) is 3. The molecule has 0 spiro atoms. The lowest BCUT2D eigenvalue weighted by Gasteiger charge is -2.10. The second-order valence-electron chi connectivity index (χ2n) is 5.19. The maximum atomic E-state index is 12.1. The summed E-state index contributed by atoms with van der Waals surface area (Å²) in [6.45, 7) is 1.76.